The topological polar surface area (TPSA) is 133 Å². The molecule has 0 bridgehead atoms. The van der Waals surface area contributed by atoms with Crippen LogP contribution in [0.1, 0.15) is 73.9 Å². The molecule has 12 heteroatoms. The average molecular weight is 640 g/mol. The molecule has 6 rings (SSSR count). The number of hydrogen-bond donors (Lipinski definition) is 2. The van der Waals surface area contributed by atoms with Crippen molar-refractivity contribution in [2.24, 2.45) is 11.7 Å². The minimum atomic E-state index is -3.12. The van der Waals surface area contributed by atoms with Crippen molar-refractivity contribution >= 4 is 15.4 Å². The standard InChI is InChI=1S/C33H39F2N5O4S/c1-20-13-21(14-28(36)32(20)44-11-12-45(2,42)43)25-7-10-37-18-22(25)15-30-38-19-24-5-6-29(39-40(24)30)31-26(34)16-23(17-27(31)35)33(41)8-3-4-9-33/h5-7,10,16-21,28,32,41H,3-4,8-9,11-15,36H2,1-2H3/t20-,21+,28+,32-/m0/s1. The van der Waals surface area contributed by atoms with Crippen molar-refractivity contribution < 1.29 is 27.0 Å². The third-order valence-corrected chi connectivity index (χ3v) is 10.3. The van der Waals surface area contributed by atoms with Crippen LogP contribution in [0.3, 0.4) is 0 Å². The molecule has 3 heterocycles. The molecule has 3 aromatic heterocycles. The van der Waals surface area contributed by atoms with E-state index in [2.05, 4.69) is 22.0 Å². The van der Waals surface area contributed by atoms with Gasteiger partial charge in [0.25, 0.3) is 0 Å². The maximum absolute atomic E-state index is 15.4. The molecule has 0 aliphatic heterocycles. The highest BCUT2D eigenvalue weighted by molar-refractivity contribution is 7.90. The lowest BCUT2D eigenvalue weighted by Crippen LogP contribution is -2.47. The van der Waals surface area contributed by atoms with Crippen molar-refractivity contribution in [1.82, 2.24) is 19.6 Å². The van der Waals surface area contributed by atoms with E-state index in [1.165, 1.54) is 18.4 Å². The van der Waals surface area contributed by atoms with Crippen LogP contribution in [-0.4, -0.2) is 63.9 Å². The second-order valence-corrected chi connectivity index (χ2v) is 15.1. The monoisotopic (exact) mass is 639 g/mol. The fourth-order valence-corrected chi connectivity index (χ4v) is 7.52. The number of imidazole rings is 1. The predicted octanol–water partition coefficient (Wildman–Crippen LogP) is 4.69. The largest absolute Gasteiger partial charge is 0.385 e. The average Bonchev–Trinajstić information content (AvgIpc) is 3.60. The maximum Gasteiger partial charge on any atom is 0.149 e. The van der Waals surface area contributed by atoms with Gasteiger partial charge in [0.1, 0.15) is 27.3 Å². The normalized spacial score (nSPS) is 23.5. The number of nitrogens with two attached hydrogens (primary N) is 1. The summed E-state index contributed by atoms with van der Waals surface area (Å²) in [6.07, 6.45) is 10.6. The SMILES string of the molecule is C[C@H]1C[C@@H](c2ccncc2Cc2ncc3ccc(-c4c(F)cc(C5(O)CCCC5)cc4F)nn23)C[C@@H](N)[C@H]1OCCS(C)(=O)=O. The molecular formula is C33H39F2N5O4S. The molecule has 0 radical (unpaired) electrons. The van der Waals surface area contributed by atoms with E-state index >= 15 is 8.78 Å². The number of pyridine rings is 1. The summed E-state index contributed by atoms with van der Waals surface area (Å²) in [7, 11) is -3.12. The molecule has 240 valence electrons. The van der Waals surface area contributed by atoms with Crippen molar-refractivity contribution in [3.8, 4) is 11.3 Å². The van der Waals surface area contributed by atoms with Crippen LogP contribution in [0.4, 0.5) is 8.78 Å². The summed E-state index contributed by atoms with van der Waals surface area (Å²) >= 11 is 0. The summed E-state index contributed by atoms with van der Waals surface area (Å²) < 4.78 is 61.4. The summed E-state index contributed by atoms with van der Waals surface area (Å²) in [6, 6.07) is 7.48. The van der Waals surface area contributed by atoms with Crippen LogP contribution in [0.15, 0.2) is 48.9 Å². The van der Waals surface area contributed by atoms with Gasteiger partial charge in [-0.05, 0) is 84.5 Å². The Labute approximate surface area is 261 Å². The molecule has 3 N–H and O–H groups in total. The van der Waals surface area contributed by atoms with Crippen molar-refractivity contribution in [3.63, 3.8) is 0 Å². The van der Waals surface area contributed by atoms with Crippen LogP contribution < -0.4 is 5.73 Å². The number of sulfone groups is 1. The zero-order valence-electron chi connectivity index (χ0n) is 25.5. The highest BCUT2D eigenvalue weighted by Gasteiger charge is 2.36. The van der Waals surface area contributed by atoms with Crippen molar-refractivity contribution in [2.75, 3.05) is 18.6 Å². The van der Waals surface area contributed by atoms with E-state index in [-0.39, 0.29) is 53.2 Å². The zero-order chi connectivity index (χ0) is 31.9. The molecule has 1 aromatic carbocycles. The fraction of sp³-hybridized carbons (Fsp3) is 0.485. The van der Waals surface area contributed by atoms with Gasteiger partial charge < -0.3 is 15.6 Å². The molecule has 0 spiro atoms. The lowest BCUT2D eigenvalue weighted by molar-refractivity contribution is -0.0154. The molecule has 9 nitrogen and oxygen atoms in total. The van der Waals surface area contributed by atoms with Crippen LogP contribution >= 0.6 is 0 Å². The van der Waals surface area contributed by atoms with E-state index in [9.17, 15) is 13.5 Å². The van der Waals surface area contributed by atoms with E-state index in [0.29, 0.717) is 37.0 Å². The maximum atomic E-state index is 15.4. The third-order valence-electron chi connectivity index (χ3n) is 9.41. The van der Waals surface area contributed by atoms with E-state index in [1.54, 1.807) is 35.2 Å². The summed E-state index contributed by atoms with van der Waals surface area (Å²) in [5.74, 6) is -0.739. The molecule has 2 aliphatic rings. The first-order chi connectivity index (χ1) is 21.4. The van der Waals surface area contributed by atoms with Crippen LogP contribution in [0.2, 0.25) is 0 Å². The number of aliphatic hydroxyl groups is 1. The van der Waals surface area contributed by atoms with Crippen LogP contribution in [0, 0.1) is 17.6 Å². The van der Waals surface area contributed by atoms with Gasteiger partial charge in [0.05, 0.1) is 47.0 Å². The lowest BCUT2D eigenvalue weighted by atomic mass is 9.73. The van der Waals surface area contributed by atoms with Gasteiger partial charge in [-0.25, -0.2) is 26.7 Å². The van der Waals surface area contributed by atoms with Crippen molar-refractivity contribution in [3.05, 3.63) is 83.1 Å². The molecule has 2 saturated carbocycles. The molecule has 0 unspecified atom stereocenters. The van der Waals surface area contributed by atoms with Crippen molar-refractivity contribution in [1.29, 1.82) is 0 Å². The fourth-order valence-electron chi connectivity index (χ4n) is 7.12. The predicted molar refractivity (Wildman–Crippen MR) is 166 cm³/mol. The molecular weight excluding hydrogens is 600 g/mol. The number of fused-ring (bicyclic) bond motifs is 1. The molecule has 0 amide bonds. The van der Waals surface area contributed by atoms with E-state index < -0.39 is 27.1 Å². The Kier molecular flexibility index (Phi) is 8.77. The van der Waals surface area contributed by atoms with Gasteiger partial charge in [-0.1, -0.05) is 19.8 Å². The van der Waals surface area contributed by atoms with Gasteiger partial charge in [-0.15, -0.1) is 0 Å². The van der Waals surface area contributed by atoms with Gasteiger partial charge in [0.2, 0.25) is 0 Å². The Morgan fingerprint density at radius 1 is 1.11 bits per heavy atom. The van der Waals surface area contributed by atoms with Gasteiger partial charge in [0.15, 0.2) is 0 Å². The number of nitrogens with zero attached hydrogens (tertiary/aromatic N) is 4. The number of aromatic nitrogens is 4. The molecule has 4 aromatic rings. The molecule has 2 fully saturated rings. The molecule has 4 atom stereocenters. The van der Waals surface area contributed by atoms with Gasteiger partial charge in [-0.3, -0.25) is 4.98 Å². The van der Waals surface area contributed by atoms with Gasteiger partial charge >= 0.3 is 0 Å². The van der Waals surface area contributed by atoms with Crippen molar-refractivity contribution in [2.45, 2.75) is 75.5 Å². The minimum absolute atomic E-state index is 0.0388. The Morgan fingerprint density at radius 2 is 1.84 bits per heavy atom. The third kappa shape index (κ3) is 6.65. The Balaban J connectivity index is 1.24. The molecule has 2 aliphatic carbocycles. The number of rotatable bonds is 9. The smallest absolute Gasteiger partial charge is 0.149 e. The van der Waals surface area contributed by atoms with E-state index in [4.69, 9.17) is 10.5 Å². The Hall–Kier alpha value is -3.32. The summed E-state index contributed by atoms with van der Waals surface area (Å²) in [5.41, 5.74) is 8.22. The quantitative estimate of drug-likeness (QED) is 0.270. The number of halogens is 2. The zero-order valence-corrected chi connectivity index (χ0v) is 26.3. The summed E-state index contributed by atoms with van der Waals surface area (Å²) in [6.45, 7) is 2.19. The second-order valence-electron chi connectivity index (χ2n) is 12.8. The number of hydrogen-bond acceptors (Lipinski definition) is 8. The second kappa shape index (κ2) is 12.5. The number of benzene rings is 1. The first-order valence-corrected chi connectivity index (χ1v) is 17.5. The molecule has 0 saturated heterocycles. The van der Waals surface area contributed by atoms with Crippen LogP contribution in [-0.2, 0) is 26.6 Å². The molecule has 45 heavy (non-hydrogen) atoms. The van der Waals surface area contributed by atoms with Gasteiger partial charge in [-0.2, -0.15) is 5.10 Å². The first kappa shape index (κ1) is 31.7. The Morgan fingerprint density at radius 3 is 2.53 bits per heavy atom. The number of ether oxygens (including phenoxy) is 1. The summed E-state index contributed by atoms with van der Waals surface area (Å²) in [4.78, 5) is 8.95. The van der Waals surface area contributed by atoms with Crippen LogP contribution in [0.5, 0.6) is 0 Å². The summed E-state index contributed by atoms with van der Waals surface area (Å²) in [5, 5.41) is 15.5. The lowest BCUT2D eigenvalue weighted by Gasteiger charge is -2.39. The minimum Gasteiger partial charge on any atom is -0.385 e. The van der Waals surface area contributed by atoms with Crippen LogP contribution in [0.25, 0.3) is 16.8 Å². The van der Waals surface area contributed by atoms with Gasteiger partial charge in [0, 0.05) is 31.1 Å². The van der Waals surface area contributed by atoms with E-state index in [1.807, 2.05) is 6.07 Å². The highest BCUT2D eigenvalue weighted by atomic mass is 32.2. The highest BCUT2D eigenvalue weighted by Crippen LogP contribution is 2.41. The Bertz CT molecular complexity index is 1770. The van der Waals surface area contributed by atoms with E-state index in [0.717, 1.165) is 30.4 Å². The first-order valence-electron chi connectivity index (χ1n) is 15.5.